The Morgan fingerprint density at radius 2 is 1.78 bits per heavy atom. The fourth-order valence-electron chi connectivity index (χ4n) is 4.54. The Balaban J connectivity index is 1.37. The molecule has 4 aromatic rings. The zero-order valence-electron chi connectivity index (χ0n) is 21.6. The molecule has 1 unspecified atom stereocenters. The predicted molar refractivity (Wildman–Crippen MR) is 144 cm³/mol. The molecular formula is C30H35N3O3. The van der Waals surface area contributed by atoms with Crippen LogP contribution < -0.4 is 14.8 Å². The van der Waals surface area contributed by atoms with Gasteiger partial charge >= 0.3 is 0 Å². The molecule has 0 aliphatic rings. The Kier molecular flexibility index (Phi) is 8.26. The SMILES string of the molecule is COc1ccc(CC(C)CCC(=O)NCc2nc3ccccc3n2Cc2ccccc2C)c(OC)c1. The summed E-state index contributed by atoms with van der Waals surface area (Å²) in [4.78, 5) is 17.5. The molecule has 1 amide bonds. The maximum Gasteiger partial charge on any atom is 0.220 e. The van der Waals surface area contributed by atoms with Gasteiger partial charge in [-0.15, -0.1) is 0 Å². The zero-order chi connectivity index (χ0) is 25.5. The predicted octanol–water partition coefficient (Wildman–Crippen LogP) is 5.69. The summed E-state index contributed by atoms with van der Waals surface area (Å²) in [5.74, 6) is 2.83. The lowest BCUT2D eigenvalue weighted by Gasteiger charge is -2.15. The highest BCUT2D eigenvalue weighted by atomic mass is 16.5. The van der Waals surface area contributed by atoms with Crippen LogP contribution >= 0.6 is 0 Å². The summed E-state index contributed by atoms with van der Waals surface area (Å²) in [6.07, 6.45) is 2.10. The number of nitrogens with one attached hydrogen (secondary N) is 1. The average Bonchev–Trinajstić information content (AvgIpc) is 3.25. The van der Waals surface area contributed by atoms with Crippen LogP contribution in [0.4, 0.5) is 0 Å². The lowest BCUT2D eigenvalue weighted by Crippen LogP contribution is -2.25. The Morgan fingerprint density at radius 3 is 2.56 bits per heavy atom. The Bertz CT molecular complexity index is 1330. The molecule has 0 spiro atoms. The van der Waals surface area contributed by atoms with E-state index < -0.39 is 0 Å². The molecule has 4 rings (SSSR count). The zero-order valence-corrected chi connectivity index (χ0v) is 21.6. The van der Waals surface area contributed by atoms with E-state index in [0.29, 0.717) is 18.9 Å². The minimum atomic E-state index is 0.0399. The third-order valence-electron chi connectivity index (χ3n) is 6.69. The molecule has 6 heteroatoms. The van der Waals surface area contributed by atoms with Crippen LogP contribution in [0.3, 0.4) is 0 Å². The van der Waals surface area contributed by atoms with Crippen LogP contribution in [-0.2, 0) is 24.3 Å². The third kappa shape index (κ3) is 6.06. The van der Waals surface area contributed by atoms with E-state index in [1.807, 2.05) is 36.4 Å². The maximum absolute atomic E-state index is 12.7. The molecule has 3 aromatic carbocycles. The highest BCUT2D eigenvalue weighted by Crippen LogP contribution is 2.27. The number of nitrogens with zero attached hydrogens (tertiary/aromatic N) is 2. The largest absolute Gasteiger partial charge is 0.497 e. The second kappa shape index (κ2) is 11.8. The lowest BCUT2D eigenvalue weighted by molar-refractivity contribution is -0.121. The number of carbonyl (C=O) groups is 1. The number of fused-ring (bicyclic) bond motifs is 1. The van der Waals surface area contributed by atoms with Gasteiger partial charge in [-0.2, -0.15) is 0 Å². The number of hydrogen-bond donors (Lipinski definition) is 1. The molecule has 0 aliphatic carbocycles. The summed E-state index contributed by atoms with van der Waals surface area (Å²) < 4.78 is 13.0. The number of imidazole rings is 1. The van der Waals surface area contributed by atoms with Crippen molar-refractivity contribution in [1.29, 1.82) is 0 Å². The van der Waals surface area contributed by atoms with Gasteiger partial charge in [-0.1, -0.05) is 49.4 Å². The van der Waals surface area contributed by atoms with Gasteiger partial charge in [0.2, 0.25) is 5.91 Å². The number of hydrogen-bond acceptors (Lipinski definition) is 4. The van der Waals surface area contributed by atoms with Crippen LogP contribution in [0, 0.1) is 12.8 Å². The van der Waals surface area contributed by atoms with E-state index in [1.54, 1.807) is 14.2 Å². The summed E-state index contributed by atoms with van der Waals surface area (Å²) in [6.45, 7) is 5.41. The lowest BCUT2D eigenvalue weighted by atomic mass is 9.95. The second-order valence-electron chi connectivity index (χ2n) is 9.33. The minimum Gasteiger partial charge on any atom is -0.497 e. The molecule has 1 aromatic heterocycles. The van der Waals surface area contributed by atoms with Gasteiger partial charge in [-0.05, 0) is 60.6 Å². The molecule has 0 saturated carbocycles. The monoisotopic (exact) mass is 485 g/mol. The number of aromatic nitrogens is 2. The highest BCUT2D eigenvalue weighted by molar-refractivity contribution is 5.77. The van der Waals surface area contributed by atoms with Crippen LogP contribution in [0.15, 0.2) is 66.7 Å². The van der Waals surface area contributed by atoms with Crippen molar-refractivity contribution in [2.24, 2.45) is 5.92 Å². The number of ether oxygens (including phenoxy) is 2. The van der Waals surface area contributed by atoms with Gasteiger partial charge in [0.1, 0.15) is 17.3 Å². The van der Waals surface area contributed by atoms with E-state index in [4.69, 9.17) is 14.5 Å². The topological polar surface area (TPSA) is 65.4 Å². The van der Waals surface area contributed by atoms with Crippen molar-refractivity contribution in [3.8, 4) is 11.5 Å². The van der Waals surface area contributed by atoms with E-state index in [0.717, 1.165) is 53.3 Å². The first kappa shape index (κ1) is 25.3. The Hall–Kier alpha value is -3.80. The van der Waals surface area contributed by atoms with Crippen LogP contribution in [0.1, 0.15) is 42.3 Å². The first-order valence-electron chi connectivity index (χ1n) is 12.4. The molecule has 6 nitrogen and oxygen atoms in total. The van der Waals surface area contributed by atoms with Crippen LogP contribution in [0.2, 0.25) is 0 Å². The number of aryl methyl sites for hydroxylation is 1. The summed E-state index contributed by atoms with van der Waals surface area (Å²) in [5.41, 5.74) is 5.63. The molecule has 0 saturated heterocycles. The van der Waals surface area contributed by atoms with Gasteiger partial charge in [-0.3, -0.25) is 4.79 Å². The molecule has 0 aliphatic heterocycles. The van der Waals surface area contributed by atoms with Crippen molar-refractivity contribution in [2.75, 3.05) is 14.2 Å². The summed E-state index contributed by atoms with van der Waals surface area (Å²) in [7, 11) is 3.32. The number of rotatable bonds is 11. The van der Waals surface area contributed by atoms with Crippen LogP contribution in [0.5, 0.6) is 11.5 Å². The van der Waals surface area contributed by atoms with E-state index in [1.165, 1.54) is 11.1 Å². The third-order valence-corrected chi connectivity index (χ3v) is 6.69. The van der Waals surface area contributed by atoms with Crippen LogP contribution in [0.25, 0.3) is 11.0 Å². The van der Waals surface area contributed by atoms with Crippen molar-refractivity contribution in [1.82, 2.24) is 14.9 Å². The molecule has 1 N–H and O–H groups in total. The molecule has 0 fully saturated rings. The quantitative estimate of drug-likeness (QED) is 0.297. The maximum atomic E-state index is 12.7. The van der Waals surface area contributed by atoms with E-state index in [9.17, 15) is 4.79 Å². The van der Waals surface area contributed by atoms with Crippen molar-refractivity contribution in [3.63, 3.8) is 0 Å². The van der Waals surface area contributed by atoms with Gasteiger partial charge in [0.15, 0.2) is 0 Å². The Labute approximate surface area is 213 Å². The number of amides is 1. The van der Waals surface area contributed by atoms with Gasteiger partial charge in [-0.25, -0.2) is 4.98 Å². The molecule has 1 atom stereocenters. The van der Waals surface area contributed by atoms with Crippen molar-refractivity contribution in [3.05, 3.63) is 89.2 Å². The minimum absolute atomic E-state index is 0.0399. The van der Waals surface area contributed by atoms with E-state index in [-0.39, 0.29) is 5.91 Å². The van der Waals surface area contributed by atoms with E-state index in [2.05, 4.69) is 54.1 Å². The van der Waals surface area contributed by atoms with Gasteiger partial charge in [0.25, 0.3) is 0 Å². The number of para-hydroxylation sites is 2. The number of benzene rings is 3. The molecule has 1 heterocycles. The normalized spacial score (nSPS) is 11.9. The van der Waals surface area contributed by atoms with Crippen molar-refractivity contribution >= 4 is 16.9 Å². The van der Waals surface area contributed by atoms with E-state index >= 15 is 0 Å². The first-order valence-corrected chi connectivity index (χ1v) is 12.4. The van der Waals surface area contributed by atoms with Gasteiger partial charge < -0.3 is 19.4 Å². The summed E-state index contributed by atoms with van der Waals surface area (Å²) in [5, 5.41) is 3.09. The standard InChI is InChI=1S/C30H35N3O3/c1-21(17-23-14-15-25(35-3)18-28(23)36-4)13-16-30(34)31-19-29-32-26-11-7-8-12-27(26)33(29)20-24-10-6-5-9-22(24)2/h5-12,14-15,18,21H,13,16-17,19-20H2,1-4H3,(H,31,34). The first-order chi connectivity index (χ1) is 17.5. The molecule has 36 heavy (non-hydrogen) atoms. The fourth-order valence-corrected chi connectivity index (χ4v) is 4.54. The number of methoxy groups -OCH3 is 2. The molecule has 0 radical (unpaired) electrons. The fraction of sp³-hybridized carbons (Fsp3) is 0.333. The van der Waals surface area contributed by atoms with Gasteiger partial charge in [0, 0.05) is 19.0 Å². The van der Waals surface area contributed by atoms with Crippen molar-refractivity contribution < 1.29 is 14.3 Å². The second-order valence-corrected chi connectivity index (χ2v) is 9.33. The average molecular weight is 486 g/mol. The molecule has 0 bridgehead atoms. The summed E-state index contributed by atoms with van der Waals surface area (Å²) in [6, 6.07) is 22.4. The number of carbonyl (C=O) groups excluding carboxylic acids is 1. The molecule has 188 valence electrons. The Morgan fingerprint density at radius 1 is 1.00 bits per heavy atom. The summed E-state index contributed by atoms with van der Waals surface area (Å²) >= 11 is 0. The van der Waals surface area contributed by atoms with Crippen molar-refractivity contribution in [2.45, 2.75) is 46.2 Å². The molecular weight excluding hydrogens is 450 g/mol. The van der Waals surface area contributed by atoms with Gasteiger partial charge in [0.05, 0.1) is 31.8 Å². The smallest absolute Gasteiger partial charge is 0.220 e. The highest BCUT2D eigenvalue weighted by Gasteiger charge is 2.15. The van der Waals surface area contributed by atoms with Crippen LogP contribution in [-0.4, -0.2) is 29.7 Å².